The number of fused-ring (bicyclic) bond motifs is 1. The van der Waals surface area contributed by atoms with Crippen LogP contribution in [0.3, 0.4) is 0 Å². The summed E-state index contributed by atoms with van der Waals surface area (Å²) in [6.45, 7) is 10.0. The Morgan fingerprint density at radius 3 is 2.31 bits per heavy atom. The molecule has 198 valence electrons. The van der Waals surface area contributed by atoms with Crippen molar-refractivity contribution in [2.24, 2.45) is 0 Å². The second-order valence-electron chi connectivity index (χ2n) is 7.37. The maximum atomic E-state index is 12.9. The zero-order chi connectivity index (χ0) is 27.3. The highest BCUT2D eigenvalue weighted by atomic mass is 19.4. The maximum Gasteiger partial charge on any atom is 0.433 e. The molecule has 36 heavy (non-hydrogen) atoms. The van der Waals surface area contributed by atoms with E-state index in [2.05, 4.69) is 15.4 Å². The molecule has 4 rings (SSSR count). The Kier molecular flexibility index (Phi) is 12.6. The van der Waals surface area contributed by atoms with E-state index >= 15 is 0 Å². The number of anilines is 1. The summed E-state index contributed by atoms with van der Waals surface area (Å²) >= 11 is 0. The molecule has 1 N–H and O–H groups in total. The number of nitrogens with zero attached hydrogens (tertiary/aromatic N) is 3. The van der Waals surface area contributed by atoms with Crippen molar-refractivity contribution in [1.82, 2.24) is 14.8 Å². The first-order valence-corrected chi connectivity index (χ1v) is 12.1. The SMILES string of the molecule is C=O.CC.CC.COc1cc2nn(C3CCCCC3)cc2cc1NC(=O)c1cccc(C(F)(F)F)n1. The van der Waals surface area contributed by atoms with Gasteiger partial charge in [-0.25, -0.2) is 4.98 Å². The van der Waals surface area contributed by atoms with E-state index in [1.54, 1.807) is 12.1 Å². The number of hydrogen-bond donors (Lipinski definition) is 1. The third kappa shape index (κ3) is 7.79. The van der Waals surface area contributed by atoms with Crippen LogP contribution in [-0.2, 0) is 11.0 Å². The van der Waals surface area contributed by atoms with Crippen molar-refractivity contribution >= 4 is 29.3 Å². The number of nitrogens with one attached hydrogen (secondary N) is 1. The average molecular weight is 509 g/mol. The first kappa shape index (κ1) is 30.6. The number of aromatic nitrogens is 3. The summed E-state index contributed by atoms with van der Waals surface area (Å²) in [5.74, 6) is -0.379. The molecule has 2 heterocycles. The summed E-state index contributed by atoms with van der Waals surface area (Å²) in [4.78, 5) is 24.0. The van der Waals surface area contributed by atoms with Crippen LogP contribution < -0.4 is 10.1 Å². The van der Waals surface area contributed by atoms with E-state index in [0.717, 1.165) is 35.9 Å². The van der Waals surface area contributed by atoms with Crippen LogP contribution in [0.1, 0.15) is 82.0 Å². The van der Waals surface area contributed by atoms with Crippen molar-refractivity contribution < 1.29 is 27.5 Å². The number of halogens is 3. The van der Waals surface area contributed by atoms with Crippen molar-refractivity contribution in [3.8, 4) is 5.75 Å². The molecule has 1 aliphatic rings. The van der Waals surface area contributed by atoms with Gasteiger partial charge in [0.15, 0.2) is 0 Å². The standard InChI is InChI=1S/C21H21F3N4O2.2C2H6.CH2O/c1-30-18-11-16-13(12-28(27-16)14-6-3-2-4-7-14)10-17(18)26-20(29)15-8-5-9-19(25-15)21(22,23)24;3*1-2/h5,8-12,14H,2-4,6-7H2,1H3,(H,26,29);2*1-2H3;1H2. The third-order valence-electron chi connectivity index (χ3n) is 5.31. The fourth-order valence-electron chi connectivity index (χ4n) is 3.78. The molecule has 2 aromatic heterocycles. The molecule has 0 spiro atoms. The Morgan fingerprint density at radius 1 is 1.08 bits per heavy atom. The molecule has 1 fully saturated rings. The Hall–Kier alpha value is -3.43. The van der Waals surface area contributed by atoms with Crippen LogP contribution in [0.2, 0.25) is 0 Å². The van der Waals surface area contributed by atoms with Gasteiger partial charge in [0.25, 0.3) is 5.91 Å². The number of alkyl halides is 3. The van der Waals surface area contributed by atoms with E-state index in [1.807, 2.05) is 45.4 Å². The van der Waals surface area contributed by atoms with Crippen molar-refractivity contribution in [3.05, 3.63) is 47.9 Å². The molecule has 0 aliphatic heterocycles. The van der Waals surface area contributed by atoms with E-state index in [4.69, 9.17) is 9.53 Å². The maximum absolute atomic E-state index is 12.9. The minimum absolute atomic E-state index is 0.329. The van der Waals surface area contributed by atoms with Gasteiger partial charge in [0.1, 0.15) is 23.9 Å². The van der Waals surface area contributed by atoms with E-state index in [9.17, 15) is 18.0 Å². The molecule has 3 aromatic rings. The third-order valence-corrected chi connectivity index (χ3v) is 5.31. The van der Waals surface area contributed by atoms with Gasteiger partial charge < -0.3 is 14.8 Å². The predicted molar refractivity (Wildman–Crippen MR) is 135 cm³/mol. The van der Waals surface area contributed by atoms with Crippen LogP contribution in [0.15, 0.2) is 36.5 Å². The molecule has 1 saturated carbocycles. The number of pyridine rings is 1. The zero-order valence-electron chi connectivity index (χ0n) is 21.5. The van der Waals surface area contributed by atoms with Gasteiger partial charge in [-0.05, 0) is 31.0 Å². The van der Waals surface area contributed by atoms with Crippen molar-refractivity contribution in [3.63, 3.8) is 0 Å². The number of methoxy groups -OCH3 is 1. The predicted octanol–water partition coefficient (Wildman–Crippen LogP) is 7.08. The van der Waals surface area contributed by atoms with Gasteiger partial charge in [-0.2, -0.15) is 18.3 Å². The zero-order valence-corrected chi connectivity index (χ0v) is 21.5. The van der Waals surface area contributed by atoms with Gasteiger partial charge >= 0.3 is 6.18 Å². The molecule has 7 nitrogen and oxygen atoms in total. The second-order valence-corrected chi connectivity index (χ2v) is 7.37. The minimum atomic E-state index is -4.62. The summed E-state index contributed by atoms with van der Waals surface area (Å²) < 4.78 is 46.0. The lowest BCUT2D eigenvalue weighted by atomic mass is 9.96. The fraction of sp³-hybridized carbons (Fsp3) is 0.462. The monoisotopic (exact) mass is 508 g/mol. The summed E-state index contributed by atoms with van der Waals surface area (Å²) in [6, 6.07) is 6.99. The smallest absolute Gasteiger partial charge is 0.433 e. The van der Waals surface area contributed by atoms with E-state index in [1.165, 1.54) is 32.4 Å². The molecule has 1 aliphatic carbocycles. The van der Waals surface area contributed by atoms with Gasteiger partial charge in [-0.3, -0.25) is 9.48 Å². The second kappa shape index (κ2) is 14.9. The molecule has 1 amide bonds. The number of ether oxygens (including phenoxy) is 1. The summed E-state index contributed by atoms with van der Waals surface area (Å²) in [5, 5.41) is 8.07. The van der Waals surface area contributed by atoms with Crippen LogP contribution in [0.4, 0.5) is 18.9 Å². The highest BCUT2D eigenvalue weighted by Gasteiger charge is 2.33. The Morgan fingerprint density at radius 2 is 1.72 bits per heavy atom. The van der Waals surface area contributed by atoms with Gasteiger partial charge in [-0.15, -0.1) is 0 Å². The summed E-state index contributed by atoms with van der Waals surface area (Å²) in [7, 11) is 1.46. The van der Waals surface area contributed by atoms with Crippen LogP contribution in [0, 0.1) is 0 Å². The Labute approximate surface area is 210 Å². The van der Waals surface area contributed by atoms with Crippen LogP contribution >= 0.6 is 0 Å². The van der Waals surface area contributed by atoms with Gasteiger partial charge in [-0.1, -0.05) is 53.0 Å². The topological polar surface area (TPSA) is 86.1 Å². The lowest BCUT2D eigenvalue weighted by molar-refractivity contribution is -0.141. The van der Waals surface area contributed by atoms with Crippen LogP contribution in [-0.4, -0.2) is 34.6 Å². The van der Waals surface area contributed by atoms with E-state index in [-0.39, 0.29) is 5.69 Å². The van der Waals surface area contributed by atoms with Crippen LogP contribution in [0.5, 0.6) is 5.75 Å². The molecular formula is C26H35F3N4O3. The molecule has 0 saturated heterocycles. The first-order chi connectivity index (χ1) is 17.3. The van der Waals surface area contributed by atoms with Gasteiger partial charge in [0.05, 0.1) is 24.4 Å². The van der Waals surface area contributed by atoms with Gasteiger partial charge in [0.2, 0.25) is 0 Å². The van der Waals surface area contributed by atoms with Crippen molar-refractivity contribution in [2.75, 3.05) is 12.4 Å². The average Bonchev–Trinajstić information content (AvgIpc) is 3.34. The fourth-order valence-corrected chi connectivity index (χ4v) is 3.78. The quantitative estimate of drug-likeness (QED) is 0.407. The number of carbonyl (C=O) groups is 2. The largest absolute Gasteiger partial charge is 0.494 e. The number of rotatable bonds is 4. The molecule has 0 bridgehead atoms. The van der Waals surface area contributed by atoms with E-state index < -0.39 is 17.8 Å². The van der Waals surface area contributed by atoms with E-state index in [0.29, 0.717) is 17.5 Å². The molecule has 0 unspecified atom stereocenters. The van der Waals surface area contributed by atoms with Crippen LogP contribution in [0.25, 0.3) is 10.9 Å². The number of hydrogen-bond acceptors (Lipinski definition) is 5. The first-order valence-electron chi connectivity index (χ1n) is 12.1. The highest BCUT2D eigenvalue weighted by Crippen LogP contribution is 2.33. The Bertz CT molecular complexity index is 1090. The normalized spacial score (nSPS) is 13.2. The lowest BCUT2D eigenvalue weighted by Crippen LogP contribution is -2.17. The lowest BCUT2D eigenvalue weighted by Gasteiger charge is -2.21. The van der Waals surface area contributed by atoms with Crippen molar-refractivity contribution in [1.29, 1.82) is 0 Å². The number of carbonyl (C=O) groups excluding carboxylic acids is 2. The minimum Gasteiger partial charge on any atom is -0.494 e. The van der Waals surface area contributed by atoms with Gasteiger partial charge in [0, 0.05) is 17.6 Å². The molecule has 0 radical (unpaired) electrons. The molecule has 10 heteroatoms. The Balaban J connectivity index is 0.00000101. The van der Waals surface area contributed by atoms with Crippen molar-refractivity contribution in [2.45, 2.75) is 72.0 Å². The summed E-state index contributed by atoms with van der Waals surface area (Å²) in [6.07, 6.45) is 3.06. The summed E-state index contributed by atoms with van der Waals surface area (Å²) in [5.41, 5.74) is -0.374. The highest BCUT2D eigenvalue weighted by molar-refractivity contribution is 6.05. The molecule has 1 aromatic carbocycles. The number of benzene rings is 1. The number of amides is 1. The molecular weight excluding hydrogens is 473 g/mol. The molecule has 0 atom stereocenters.